The predicted molar refractivity (Wildman–Crippen MR) is 172 cm³/mol. The Morgan fingerprint density at radius 3 is 2.12 bits per heavy atom. The van der Waals surface area contributed by atoms with E-state index >= 15 is 0 Å². The van der Waals surface area contributed by atoms with E-state index in [9.17, 15) is 18.0 Å². The zero-order chi connectivity index (χ0) is 31.1. The van der Waals surface area contributed by atoms with Crippen LogP contribution in [0.1, 0.15) is 22.3 Å². The number of amides is 2. The van der Waals surface area contributed by atoms with Crippen LogP contribution in [0.25, 0.3) is 0 Å². The average Bonchev–Trinajstić information content (AvgIpc) is 2.99. The molecule has 4 aromatic rings. The second-order valence-corrected chi connectivity index (χ2v) is 12.9. The van der Waals surface area contributed by atoms with Gasteiger partial charge in [-0.2, -0.15) is 0 Å². The number of likely N-dealkylation sites (N-methyl/N-ethyl adjacent to an activating group) is 1. The van der Waals surface area contributed by atoms with Crippen molar-refractivity contribution in [3.8, 4) is 0 Å². The van der Waals surface area contributed by atoms with Crippen LogP contribution in [0.4, 0.5) is 5.69 Å². The number of anilines is 1. The van der Waals surface area contributed by atoms with Crippen LogP contribution in [0.15, 0.2) is 102 Å². The molecule has 4 rings (SSSR count). The van der Waals surface area contributed by atoms with Crippen molar-refractivity contribution in [2.45, 2.75) is 37.8 Å². The van der Waals surface area contributed by atoms with Crippen molar-refractivity contribution >= 4 is 50.7 Å². The molecule has 43 heavy (non-hydrogen) atoms. The molecule has 0 aliphatic carbocycles. The van der Waals surface area contributed by atoms with Gasteiger partial charge in [0.25, 0.3) is 10.0 Å². The van der Waals surface area contributed by atoms with Gasteiger partial charge in [-0.3, -0.25) is 13.9 Å². The molecule has 2 amide bonds. The first-order chi connectivity index (χ1) is 20.5. The van der Waals surface area contributed by atoms with Crippen molar-refractivity contribution in [3.63, 3.8) is 0 Å². The lowest BCUT2D eigenvalue weighted by atomic mass is 10.0. The minimum absolute atomic E-state index is 0.00924. The number of benzene rings is 4. The van der Waals surface area contributed by atoms with Gasteiger partial charge < -0.3 is 10.2 Å². The van der Waals surface area contributed by atoms with Gasteiger partial charge in [-0.1, -0.05) is 107 Å². The molecule has 0 bridgehead atoms. The molecule has 0 aromatic heterocycles. The summed E-state index contributed by atoms with van der Waals surface area (Å²) in [7, 11) is -2.78. The number of nitrogens with one attached hydrogen (secondary N) is 1. The Kier molecular flexibility index (Phi) is 10.5. The molecule has 224 valence electrons. The Balaban J connectivity index is 1.82. The number of carbonyl (C=O) groups excluding carboxylic acids is 2. The van der Waals surface area contributed by atoms with Crippen LogP contribution in [0.2, 0.25) is 10.0 Å². The van der Waals surface area contributed by atoms with Gasteiger partial charge >= 0.3 is 0 Å². The van der Waals surface area contributed by atoms with Crippen LogP contribution < -0.4 is 9.62 Å². The number of hydrogen-bond acceptors (Lipinski definition) is 4. The normalized spacial score (nSPS) is 11.9. The molecule has 0 fully saturated rings. The number of rotatable bonds is 11. The van der Waals surface area contributed by atoms with E-state index < -0.39 is 28.5 Å². The number of hydrogen-bond donors (Lipinski definition) is 1. The standard InChI is InChI=1S/C33H33Cl2N3O4S/c1-23-15-17-27(18-16-23)43(41,42)38(29-14-8-13-28(34)32(29)35)22-31(39)37(21-26-12-7-9-24(2)19-26)30(33(40)36-3)20-25-10-5-4-6-11-25/h4-19,30H,20-22H2,1-3H3,(H,36,40)/t30-/m1/s1. The second kappa shape index (κ2) is 14.1. The first-order valence-electron chi connectivity index (χ1n) is 13.6. The third kappa shape index (κ3) is 7.76. The Hall–Kier alpha value is -3.85. The third-order valence-corrected chi connectivity index (χ3v) is 9.62. The summed E-state index contributed by atoms with van der Waals surface area (Å²) in [4.78, 5) is 29.1. The highest BCUT2D eigenvalue weighted by atomic mass is 35.5. The molecule has 0 radical (unpaired) electrons. The van der Waals surface area contributed by atoms with Gasteiger partial charge in [-0.25, -0.2) is 8.42 Å². The Morgan fingerprint density at radius 2 is 1.47 bits per heavy atom. The lowest BCUT2D eigenvalue weighted by Gasteiger charge is -2.34. The second-order valence-electron chi connectivity index (χ2n) is 10.2. The minimum atomic E-state index is -4.29. The van der Waals surface area contributed by atoms with E-state index in [1.54, 1.807) is 18.2 Å². The number of aryl methyl sites for hydroxylation is 2. The van der Waals surface area contributed by atoms with Crippen LogP contribution in [-0.2, 0) is 32.6 Å². The van der Waals surface area contributed by atoms with Crippen molar-refractivity contribution in [3.05, 3.63) is 129 Å². The number of sulfonamides is 1. The molecule has 1 N–H and O–H groups in total. The Bertz CT molecular complexity index is 1700. The van der Waals surface area contributed by atoms with Gasteiger partial charge in [0, 0.05) is 20.0 Å². The highest BCUT2D eigenvalue weighted by Crippen LogP contribution is 2.35. The van der Waals surface area contributed by atoms with Gasteiger partial charge in [0.15, 0.2) is 0 Å². The van der Waals surface area contributed by atoms with Gasteiger partial charge in [0.1, 0.15) is 12.6 Å². The smallest absolute Gasteiger partial charge is 0.264 e. The molecule has 0 unspecified atom stereocenters. The molecule has 0 heterocycles. The monoisotopic (exact) mass is 637 g/mol. The summed E-state index contributed by atoms with van der Waals surface area (Å²) in [6.45, 7) is 3.24. The molecule has 0 aliphatic rings. The van der Waals surface area contributed by atoms with E-state index in [1.807, 2.05) is 68.4 Å². The third-order valence-electron chi connectivity index (χ3n) is 7.04. The maximum absolute atomic E-state index is 14.4. The zero-order valence-electron chi connectivity index (χ0n) is 24.1. The molecule has 0 saturated heterocycles. The van der Waals surface area contributed by atoms with Crippen LogP contribution in [0.3, 0.4) is 0 Å². The summed E-state index contributed by atoms with van der Waals surface area (Å²) in [6, 6.07) is 27.0. The number of carbonyl (C=O) groups is 2. The van der Waals surface area contributed by atoms with E-state index in [1.165, 1.54) is 36.2 Å². The highest BCUT2D eigenvalue weighted by molar-refractivity contribution is 7.92. The lowest BCUT2D eigenvalue weighted by Crippen LogP contribution is -2.53. The fourth-order valence-corrected chi connectivity index (χ4v) is 6.64. The Morgan fingerprint density at radius 1 is 0.814 bits per heavy atom. The first-order valence-corrected chi connectivity index (χ1v) is 15.8. The summed E-state index contributed by atoms with van der Waals surface area (Å²) in [6.07, 6.45) is 0.223. The van der Waals surface area contributed by atoms with E-state index in [-0.39, 0.29) is 39.5 Å². The summed E-state index contributed by atoms with van der Waals surface area (Å²) in [5, 5.41) is 2.81. The largest absolute Gasteiger partial charge is 0.357 e. The lowest BCUT2D eigenvalue weighted by molar-refractivity contribution is -0.139. The maximum Gasteiger partial charge on any atom is 0.264 e. The van der Waals surface area contributed by atoms with Crippen molar-refractivity contribution < 1.29 is 18.0 Å². The molecule has 4 aromatic carbocycles. The molecule has 0 aliphatic heterocycles. The van der Waals surface area contributed by atoms with Gasteiger partial charge in [-0.05, 0) is 49.2 Å². The van der Waals surface area contributed by atoms with Crippen LogP contribution in [0.5, 0.6) is 0 Å². The quantitative estimate of drug-likeness (QED) is 0.212. The summed E-state index contributed by atoms with van der Waals surface area (Å²) < 4.78 is 29.1. The van der Waals surface area contributed by atoms with Crippen LogP contribution in [-0.4, -0.2) is 44.8 Å². The number of halogens is 2. The first kappa shape index (κ1) is 32.1. The van der Waals surface area contributed by atoms with Gasteiger partial charge in [-0.15, -0.1) is 0 Å². The van der Waals surface area contributed by atoms with Gasteiger partial charge in [0.2, 0.25) is 11.8 Å². The van der Waals surface area contributed by atoms with Gasteiger partial charge in [0.05, 0.1) is 20.6 Å². The zero-order valence-corrected chi connectivity index (χ0v) is 26.5. The highest BCUT2D eigenvalue weighted by Gasteiger charge is 2.35. The minimum Gasteiger partial charge on any atom is -0.357 e. The molecular weight excluding hydrogens is 605 g/mol. The van der Waals surface area contributed by atoms with Crippen molar-refractivity contribution in [1.82, 2.24) is 10.2 Å². The topological polar surface area (TPSA) is 86.8 Å². The fraction of sp³-hybridized carbons (Fsp3) is 0.212. The Labute approximate surface area is 263 Å². The van der Waals surface area contributed by atoms with E-state index in [0.717, 1.165) is 26.6 Å². The molecule has 0 spiro atoms. The molecule has 1 atom stereocenters. The molecular formula is C33H33Cl2N3O4S. The molecule has 7 nitrogen and oxygen atoms in total. The summed E-state index contributed by atoms with van der Waals surface area (Å²) in [5.74, 6) is -0.962. The predicted octanol–water partition coefficient (Wildman–Crippen LogP) is 6.19. The average molecular weight is 639 g/mol. The molecule has 10 heteroatoms. The fourth-order valence-electron chi connectivity index (χ4n) is 4.76. The number of nitrogens with zero attached hydrogens (tertiary/aromatic N) is 2. The SMILES string of the molecule is CNC(=O)[C@@H](Cc1ccccc1)N(Cc1cccc(C)c1)C(=O)CN(c1cccc(Cl)c1Cl)S(=O)(=O)c1ccc(C)cc1. The van der Waals surface area contributed by atoms with Crippen molar-refractivity contribution in [2.24, 2.45) is 0 Å². The van der Waals surface area contributed by atoms with Crippen LogP contribution >= 0.6 is 23.2 Å². The maximum atomic E-state index is 14.4. The summed E-state index contributed by atoms with van der Waals surface area (Å²) in [5.41, 5.74) is 3.56. The van der Waals surface area contributed by atoms with E-state index in [4.69, 9.17) is 23.2 Å². The summed E-state index contributed by atoms with van der Waals surface area (Å²) >= 11 is 12.8. The van der Waals surface area contributed by atoms with E-state index in [2.05, 4.69) is 5.32 Å². The van der Waals surface area contributed by atoms with Crippen molar-refractivity contribution in [2.75, 3.05) is 17.9 Å². The molecule has 0 saturated carbocycles. The van der Waals surface area contributed by atoms with E-state index in [0.29, 0.717) is 0 Å². The van der Waals surface area contributed by atoms with Crippen molar-refractivity contribution in [1.29, 1.82) is 0 Å². The van der Waals surface area contributed by atoms with Crippen LogP contribution in [0, 0.1) is 13.8 Å².